The highest BCUT2D eigenvalue weighted by Crippen LogP contribution is 2.28. The zero-order valence-electron chi connectivity index (χ0n) is 15.6. The lowest BCUT2D eigenvalue weighted by atomic mass is 9.91. The number of nitrogens with zero attached hydrogens (tertiary/aromatic N) is 4. The van der Waals surface area contributed by atoms with E-state index in [1.165, 1.54) is 0 Å². The van der Waals surface area contributed by atoms with Gasteiger partial charge in [0.1, 0.15) is 12.2 Å². The van der Waals surface area contributed by atoms with Crippen molar-refractivity contribution in [3.63, 3.8) is 0 Å². The monoisotopic (exact) mass is 349 g/mol. The molecule has 0 spiro atoms. The molecule has 2 saturated heterocycles. The maximum Gasteiger partial charge on any atom is 0.220 e. The van der Waals surface area contributed by atoms with Crippen molar-refractivity contribution in [2.75, 3.05) is 26.3 Å². The summed E-state index contributed by atoms with van der Waals surface area (Å²) in [6.45, 7) is 8.29. The molecule has 3 rings (SSSR count). The number of aromatic nitrogens is 3. The second-order valence-corrected chi connectivity index (χ2v) is 7.74. The molecule has 140 valence electrons. The molecule has 1 aromatic heterocycles. The zero-order valence-corrected chi connectivity index (χ0v) is 15.6. The van der Waals surface area contributed by atoms with E-state index in [9.17, 15) is 4.79 Å². The van der Waals surface area contributed by atoms with Crippen LogP contribution in [0.3, 0.4) is 0 Å². The maximum atomic E-state index is 12.4. The molecule has 2 atom stereocenters. The summed E-state index contributed by atoms with van der Waals surface area (Å²) in [5, 5.41) is 11.2. The third-order valence-corrected chi connectivity index (χ3v) is 5.68. The number of rotatable bonds is 6. The summed E-state index contributed by atoms with van der Waals surface area (Å²) in [6.07, 6.45) is 4.98. The van der Waals surface area contributed by atoms with E-state index in [2.05, 4.69) is 34.3 Å². The van der Waals surface area contributed by atoms with Gasteiger partial charge in [0, 0.05) is 58.3 Å². The lowest BCUT2D eigenvalue weighted by Crippen LogP contribution is -2.43. The minimum Gasteiger partial charge on any atom is -0.381 e. The van der Waals surface area contributed by atoms with E-state index < -0.39 is 0 Å². The van der Waals surface area contributed by atoms with E-state index in [1.54, 1.807) is 6.33 Å². The van der Waals surface area contributed by atoms with Crippen LogP contribution in [0.5, 0.6) is 0 Å². The van der Waals surface area contributed by atoms with Gasteiger partial charge in [-0.3, -0.25) is 9.69 Å². The fraction of sp³-hybridized carbons (Fsp3) is 0.833. The fourth-order valence-electron chi connectivity index (χ4n) is 4.07. The number of amides is 1. The number of ether oxygens (including phenoxy) is 1. The third kappa shape index (κ3) is 4.58. The highest BCUT2D eigenvalue weighted by atomic mass is 16.5. The predicted octanol–water partition coefficient (Wildman–Crippen LogP) is 0.999. The Kier molecular flexibility index (Phi) is 6.06. The molecule has 7 heteroatoms. The summed E-state index contributed by atoms with van der Waals surface area (Å²) >= 11 is 0. The van der Waals surface area contributed by atoms with E-state index in [0.717, 1.165) is 45.0 Å². The molecule has 2 fully saturated rings. The minimum atomic E-state index is 0.118. The Morgan fingerprint density at radius 3 is 2.76 bits per heavy atom. The molecule has 0 saturated carbocycles. The first-order valence-electron chi connectivity index (χ1n) is 9.48. The molecule has 0 aliphatic carbocycles. The van der Waals surface area contributed by atoms with Gasteiger partial charge in [-0.15, -0.1) is 10.2 Å². The van der Waals surface area contributed by atoms with Gasteiger partial charge in [0.15, 0.2) is 0 Å². The van der Waals surface area contributed by atoms with Crippen molar-refractivity contribution in [3.8, 4) is 0 Å². The van der Waals surface area contributed by atoms with E-state index in [1.807, 2.05) is 11.6 Å². The Bertz CT molecular complexity index is 568. The van der Waals surface area contributed by atoms with Crippen LogP contribution >= 0.6 is 0 Å². The lowest BCUT2D eigenvalue weighted by molar-refractivity contribution is -0.122. The molecule has 1 N–H and O–H groups in total. The highest BCUT2D eigenvalue weighted by molar-refractivity contribution is 5.76. The highest BCUT2D eigenvalue weighted by Gasteiger charge is 2.38. The van der Waals surface area contributed by atoms with E-state index in [0.29, 0.717) is 30.7 Å². The van der Waals surface area contributed by atoms with Crippen molar-refractivity contribution in [2.24, 2.45) is 18.9 Å². The number of likely N-dealkylation sites (tertiary alicyclic amines) is 1. The van der Waals surface area contributed by atoms with Crippen LogP contribution in [-0.2, 0) is 23.0 Å². The molecule has 1 aromatic rings. The molecule has 0 radical (unpaired) electrons. The second-order valence-electron chi connectivity index (χ2n) is 7.74. The van der Waals surface area contributed by atoms with Crippen LogP contribution in [-0.4, -0.2) is 64.0 Å². The number of hydrogen-bond donors (Lipinski definition) is 1. The van der Waals surface area contributed by atoms with Crippen LogP contribution in [0.4, 0.5) is 0 Å². The standard InChI is InChI=1S/C18H31N5O2/c1-13(2)15-10-23(14-6-8-25-9-7-14)11-16(15)20-18(24)5-4-17-21-19-12-22(17)3/h12-16H,4-11H2,1-3H3,(H,20,24)/t15-,16+/m1/s1. The summed E-state index contributed by atoms with van der Waals surface area (Å²) in [5.74, 6) is 2.05. The number of carbonyl (C=O) groups is 1. The first-order valence-corrected chi connectivity index (χ1v) is 9.48. The SMILES string of the molecule is CC(C)[C@H]1CN(C2CCOCC2)C[C@@H]1NC(=O)CCc1nncn1C. The summed E-state index contributed by atoms with van der Waals surface area (Å²) in [6, 6.07) is 0.852. The Balaban J connectivity index is 1.53. The average Bonchev–Trinajstić information content (AvgIpc) is 3.20. The van der Waals surface area contributed by atoms with Crippen LogP contribution < -0.4 is 5.32 Å². The first kappa shape index (κ1) is 18.3. The van der Waals surface area contributed by atoms with Crippen LogP contribution in [0, 0.1) is 11.8 Å². The van der Waals surface area contributed by atoms with Crippen LogP contribution in [0.15, 0.2) is 6.33 Å². The molecule has 0 unspecified atom stereocenters. The molecular formula is C18H31N5O2. The van der Waals surface area contributed by atoms with Crippen molar-refractivity contribution in [3.05, 3.63) is 12.2 Å². The molecule has 2 aliphatic heterocycles. The smallest absolute Gasteiger partial charge is 0.220 e. The Morgan fingerprint density at radius 2 is 2.12 bits per heavy atom. The van der Waals surface area contributed by atoms with Gasteiger partial charge in [-0.05, 0) is 24.7 Å². The maximum absolute atomic E-state index is 12.4. The van der Waals surface area contributed by atoms with E-state index >= 15 is 0 Å². The zero-order chi connectivity index (χ0) is 17.8. The molecule has 25 heavy (non-hydrogen) atoms. The normalized spacial score (nSPS) is 25.6. The van der Waals surface area contributed by atoms with Crippen molar-refractivity contribution in [2.45, 2.75) is 51.6 Å². The van der Waals surface area contributed by atoms with Crippen molar-refractivity contribution in [1.29, 1.82) is 0 Å². The Labute approximate surface area is 150 Å². The molecule has 1 amide bonds. The average molecular weight is 349 g/mol. The number of aryl methyl sites for hydroxylation is 2. The van der Waals surface area contributed by atoms with Gasteiger partial charge in [-0.1, -0.05) is 13.8 Å². The fourth-order valence-corrected chi connectivity index (χ4v) is 4.07. The van der Waals surface area contributed by atoms with E-state index in [4.69, 9.17) is 4.74 Å². The van der Waals surface area contributed by atoms with Crippen LogP contribution in [0.2, 0.25) is 0 Å². The number of nitrogens with one attached hydrogen (secondary N) is 1. The summed E-state index contributed by atoms with van der Waals surface area (Å²) in [5.41, 5.74) is 0. The van der Waals surface area contributed by atoms with Gasteiger partial charge in [0.05, 0.1) is 0 Å². The van der Waals surface area contributed by atoms with Crippen LogP contribution in [0.25, 0.3) is 0 Å². The topological polar surface area (TPSA) is 72.3 Å². The van der Waals surface area contributed by atoms with Gasteiger partial charge in [-0.2, -0.15) is 0 Å². The summed E-state index contributed by atoms with van der Waals surface area (Å²) in [4.78, 5) is 15.0. The molecular weight excluding hydrogens is 318 g/mol. The van der Waals surface area contributed by atoms with Gasteiger partial charge in [-0.25, -0.2) is 0 Å². The molecule has 0 aromatic carbocycles. The lowest BCUT2D eigenvalue weighted by Gasteiger charge is -2.31. The number of carbonyl (C=O) groups excluding carboxylic acids is 1. The third-order valence-electron chi connectivity index (χ3n) is 5.68. The summed E-state index contributed by atoms with van der Waals surface area (Å²) < 4.78 is 7.36. The molecule has 3 heterocycles. The molecule has 7 nitrogen and oxygen atoms in total. The van der Waals surface area contributed by atoms with Gasteiger partial charge < -0.3 is 14.6 Å². The predicted molar refractivity (Wildman–Crippen MR) is 95.0 cm³/mol. The van der Waals surface area contributed by atoms with Gasteiger partial charge in [0.2, 0.25) is 5.91 Å². The molecule has 0 bridgehead atoms. The van der Waals surface area contributed by atoms with Gasteiger partial charge in [0.25, 0.3) is 0 Å². The summed E-state index contributed by atoms with van der Waals surface area (Å²) in [7, 11) is 1.91. The quantitative estimate of drug-likeness (QED) is 0.829. The molecule has 2 aliphatic rings. The Morgan fingerprint density at radius 1 is 1.36 bits per heavy atom. The van der Waals surface area contributed by atoms with Crippen molar-refractivity contribution >= 4 is 5.91 Å². The minimum absolute atomic E-state index is 0.118. The van der Waals surface area contributed by atoms with Crippen LogP contribution in [0.1, 0.15) is 38.9 Å². The largest absolute Gasteiger partial charge is 0.381 e. The van der Waals surface area contributed by atoms with Crippen molar-refractivity contribution < 1.29 is 9.53 Å². The van der Waals surface area contributed by atoms with E-state index in [-0.39, 0.29) is 11.9 Å². The van der Waals surface area contributed by atoms with Crippen molar-refractivity contribution in [1.82, 2.24) is 25.0 Å². The van der Waals surface area contributed by atoms with Gasteiger partial charge >= 0.3 is 0 Å². The second kappa shape index (κ2) is 8.27. The number of hydrogen-bond acceptors (Lipinski definition) is 5. The first-order chi connectivity index (χ1) is 12.0. The Hall–Kier alpha value is -1.47.